The average molecular weight is 771 g/mol. The molecule has 0 bridgehead atoms. The molecule has 3 saturated heterocycles. The molecule has 11 heteroatoms. The van der Waals surface area contributed by atoms with Gasteiger partial charge >= 0.3 is 0 Å². The van der Waals surface area contributed by atoms with E-state index in [-0.39, 0.29) is 5.92 Å². The van der Waals surface area contributed by atoms with Crippen molar-refractivity contribution >= 4 is 57.4 Å². The van der Waals surface area contributed by atoms with Crippen LogP contribution >= 0.6 is 11.6 Å². The number of nitrogens with one attached hydrogen (secondary N) is 3. The molecule has 3 fully saturated rings. The zero-order valence-electron chi connectivity index (χ0n) is 33.2. The third-order valence-corrected chi connectivity index (χ3v) is 12.7. The Morgan fingerprint density at radius 2 is 1.77 bits per heavy atom. The Morgan fingerprint density at radius 1 is 0.982 bits per heavy atom. The fourth-order valence-electron chi connectivity index (χ4n) is 9.05. The first-order valence-corrected chi connectivity index (χ1v) is 20.4. The van der Waals surface area contributed by atoms with Crippen molar-refractivity contribution in [1.82, 2.24) is 30.4 Å². The second-order valence-corrected chi connectivity index (χ2v) is 16.5. The van der Waals surface area contributed by atoms with Crippen molar-refractivity contribution < 1.29 is 0 Å². The molecule has 8 rings (SSSR count). The first kappa shape index (κ1) is 37.7. The van der Waals surface area contributed by atoms with Crippen molar-refractivity contribution in [3.05, 3.63) is 114 Å². The number of anilines is 5. The van der Waals surface area contributed by atoms with Gasteiger partial charge in [0.05, 0.1) is 17.4 Å². The van der Waals surface area contributed by atoms with Crippen LogP contribution < -0.4 is 30.7 Å². The number of aromatic nitrogens is 4. The minimum atomic E-state index is 0.207. The summed E-state index contributed by atoms with van der Waals surface area (Å²) in [6.07, 6.45) is 12.4. The van der Waals surface area contributed by atoms with E-state index in [1.54, 1.807) is 6.20 Å². The highest BCUT2D eigenvalue weighted by Crippen LogP contribution is 2.40. The van der Waals surface area contributed by atoms with Gasteiger partial charge in [0.25, 0.3) is 0 Å². The number of hydrogen-bond acceptors (Lipinski definition) is 9. The summed E-state index contributed by atoms with van der Waals surface area (Å²) < 4.78 is 2.04. The highest BCUT2D eigenvalue weighted by molar-refractivity contribution is 6.32. The van der Waals surface area contributed by atoms with Gasteiger partial charge in [0.15, 0.2) is 5.82 Å². The van der Waals surface area contributed by atoms with Crippen molar-refractivity contribution in [3.8, 4) is 0 Å². The largest absolute Gasteiger partial charge is 0.392 e. The third-order valence-electron chi connectivity index (χ3n) is 12.4. The summed E-state index contributed by atoms with van der Waals surface area (Å²) in [6.45, 7) is 20.9. The molecule has 2 aromatic carbocycles. The number of allylic oxidation sites excluding steroid dienone is 4. The van der Waals surface area contributed by atoms with Gasteiger partial charge < -0.3 is 30.7 Å². The zero-order chi connectivity index (χ0) is 39.1. The summed E-state index contributed by atoms with van der Waals surface area (Å²) in [5, 5.41) is 16.7. The van der Waals surface area contributed by atoms with Crippen LogP contribution in [0.2, 0.25) is 5.02 Å². The summed E-state index contributed by atoms with van der Waals surface area (Å²) in [7, 11) is 6.04. The molecule has 0 amide bonds. The summed E-state index contributed by atoms with van der Waals surface area (Å²) in [6, 6.07) is 13.2. The molecular formula is C45H55ClN10. The number of fused-ring (bicyclic) bond motifs is 2. The van der Waals surface area contributed by atoms with Gasteiger partial charge in [-0.3, -0.25) is 4.68 Å². The maximum Gasteiger partial charge on any atom is 0.227 e. The lowest BCUT2D eigenvalue weighted by Gasteiger charge is -2.33. The number of hydrogen-bond donors (Lipinski definition) is 3. The molecule has 0 aliphatic carbocycles. The van der Waals surface area contributed by atoms with Crippen LogP contribution in [0, 0.1) is 11.8 Å². The number of benzene rings is 2. The molecule has 0 saturated carbocycles. The predicted octanol–water partition coefficient (Wildman–Crippen LogP) is 9.25. The van der Waals surface area contributed by atoms with Gasteiger partial charge in [-0.2, -0.15) is 10.1 Å². The molecule has 56 heavy (non-hydrogen) atoms. The van der Waals surface area contributed by atoms with E-state index in [1.807, 2.05) is 11.7 Å². The molecule has 10 nitrogen and oxygen atoms in total. The first-order valence-electron chi connectivity index (χ1n) is 20.1. The third kappa shape index (κ3) is 7.63. The topological polar surface area (TPSA) is 89.4 Å². The molecule has 4 aliphatic heterocycles. The minimum absolute atomic E-state index is 0.207. The van der Waals surface area contributed by atoms with Crippen LogP contribution in [0.15, 0.2) is 97.3 Å². The minimum Gasteiger partial charge on any atom is -0.392 e. The van der Waals surface area contributed by atoms with E-state index in [1.165, 1.54) is 35.0 Å². The van der Waals surface area contributed by atoms with Crippen molar-refractivity contribution in [3.63, 3.8) is 0 Å². The number of nitrogens with zero attached hydrogens (tertiary/aromatic N) is 7. The Bertz CT molecular complexity index is 2230. The standard InChI is InChI=1S/C45H55ClN10/c1-28(47-5)8-10-34-23-35-24-36(11-15-41(35)53(6)31(34)4)50-44-40(46)26-48-45(51-44)55-19-16-32(17-20-55)22-33-18-21-56(27-33)37-12-14-39-42(25-37)54(7)52-43(39)38-13-9-29(2)49-30(38)3/h11-12,14-15,23-26,32-33,38,47,49H,1-4,8-10,13,16-22,27H2,5-7H3,(H,48,50,51). The lowest BCUT2D eigenvalue weighted by Crippen LogP contribution is -2.35. The molecule has 6 heterocycles. The fraction of sp³-hybridized carbons (Fsp3) is 0.400. The van der Waals surface area contributed by atoms with Crippen LogP contribution in [0.4, 0.5) is 28.8 Å². The Morgan fingerprint density at radius 3 is 2.55 bits per heavy atom. The maximum atomic E-state index is 6.66. The van der Waals surface area contributed by atoms with E-state index >= 15 is 0 Å². The molecule has 0 radical (unpaired) electrons. The van der Waals surface area contributed by atoms with Crippen molar-refractivity contribution in [1.29, 1.82) is 0 Å². The van der Waals surface area contributed by atoms with E-state index in [9.17, 15) is 0 Å². The van der Waals surface area contributed by atoms with Crippen LogP contribution in [-0.4, -0.2) is 60.0 Å². The highest BCUT2D eigenvalue weighted by atomic mass is 35.5. The molecule has 2 aromatic heterocycles. The molecule has 3 N–H and O–H groups in total. The molecule has 2 atom stereocenters. The monoisotopic (exact) mass is 770 g/mol. The van der Waals surface area contributed by atoms with Crippen molar-refractivity contribution in [2.24, 2.45) is 18.9 Å². The zero-order valence-corrected chi connectivity index (χ0v) is 33.9. The second-order valence-electron chi connectivity index (χ2n) is 16.1. The number of halogens is 1. The van der Waals surface area contributed by atoms with Crippen molar-refractivity contribution in [2.75, 3.05) is 60.3 Å². The van der Waals surface area contributed by atoms with Gasteiger partial charge in [-0.25, -0.2) is 4.98 Å². The van der Waals surface area contributed by atoms with E-state index in [2.05, 4.69) is 119 Å². The Balaban J connectivity index is 0.864. The molecule has 292 valence electrons. The summed E-state index contributed by atoms with van der Waals surface area (Å²) in [5.74, 6) is 2.96. The van der Waals surface area contributed by atoms with Gasteiger partial charge in [-0.05, 0) is 111 Å². The van der Waals surface area contributed by atoms with Gasteiger partial charge in [0, 0.05) is 104 Å². The number of piperidine rings is 2. The van der Waals surface area contributed by atoms with Crippen LogP contribution in [-0.2, 0) is 7.05 Å². The van der Waals surface area contributed by atoms with Gasteiger partial charge in [0.2, 0.25) is 5.95 Å². The Labute approximate surface area is 336 Å². The molecule has 4 aromatic rings. The van der Waals surface area contributed by atoms with Crippen LogP contribution in [0.5, 0.6) is 0 Å². The van der Waals surface area contributed by atoms with Crippen LogP contribution in [0.3, 0.4) is 0 Å². The van der Waals surface area contributed by atoms with E-state index < -0.39 is 0 Å². The van der Waals surface area contributed by atoms with Gasteiger partial charge in [-0.1, -0.05) is 37.9 Å². The summed E-state index contributed by atoms with van der Waals surface area (Å²) >= 11 is 6.66. The van der Waals surface area contributed by atoms with Gasteiger partial charge in [0.1, 0.15) is 5.02 Å². The van der Waals surface area contributed by atoms with E-state index in [0.717, 1.165) is 116 Å². The molecule has 4 aliphatic rings. The lowest BCUT2D eigenvalue weighted by atomic mass is 9.87. The molecule has 2 unspecified atom stereocenters. The summed E-state index contributed by atoms with van der Waals surface area (Å²) in [5.41, 5.74) is 12.0. The molecular weight excluding hydrogens is 716 g/mol. The SMILES string of the molecule is C=C(CCC1=Cc2cc(Nc3nc(N4CCC(CC5CCN(c6ccc7c(C8CCC(=C)NC8=C)nn(C)c7c6)C5)CC4)ncc3Cl)ccc2N(C)C1=C)NC. The van der Waals surface area contributed by atoms with Crippen LogP contribution in [0.25, 0.3) is 17.0 Å². The summed E-state index contributed by atoms with van der Waals surface area (Å²) in [4.78, 5) is 16.6. The van der Waals surface area contributed by atoms with E-state index in [0.29, 0.717) is 22.7 Å². The lowest BCUT2D eigenvalue weighted by molar-refractivity contribution is 0.326. The second kappa shape index (κ2) is 15.7. The van der Waals surface area contributed by atoms with Gasteiger partial charge in [-0.15, -0.1) is 0 Å². The van der Waals surface area contributed by atoms with Crippen molar-refractivity contribution in [2.45, 2.75) is 57.3 Å². The highest BCUT2D eigenvalue weighted by Gasteiger charge is 2.30. The fourth-order valence-corrected chi connectivity index (χ4v) is 9.18. The van der Waals surface area contributed by atoms with E-state index in [4.69, 9.17) is 21.7 Å². The normalized spacial score (nSPS) is 20.3. The predicted molar refractivity (Wildman–Crippen MR) is 234 cm³/mol. The number of rotatable bonds is 11. The molecule has 0 spiro atoms. The Kier molecular flexibility index (Phi) is 10.6. The average Bonchev–Trinajstić information content (AvgIpc) is 3.80. The van der Waals surface area contributed by atoms with Crippen LogP contribution in [0.1, 0.15) is 68.5 Å². The smallest absolute Gasteiger partial charge is 0.227 e. The quantitative estimate of drug-likeness (QED) is 0.138. The Hall–Kier alpha value is -5.22. The number of aryl methyl sites for hydroxylation is 1. The maximum absolute atomic E-state index is 6.66. The number of likely N-dealkylation sites (N-methyl/N-ethyl adjacent to an activating group) is 1. The first-order chi connectivity index (χ1) is 27.0.